The van der Waals surface area contributed by atoms with Gasteiger partial charge in [0.25, 0.3) is 0 Å². The summed E-state index contributed by atoms with van der Waals surface area (Å²) in [5.41, 5.74) is 0. The van der Waals surface area contributed by atoms with E-state index in [4.69, 9.17) is 14.2 Å². The molecule has 6 heteroatoms. The van der Waals surface area contributed by atoms with Crippen molar-refractivity contribution in [3.8, 4) is 0 Å². The zero-order valence-corrected chi connectivity index (χ0v) is 32.6. The van der Waals surface area contributed by atoms with E-state index in [2.05, 4.69) is 34.6 Å². The molecule has 0 spiro atoms. The number of hydrogen-bond donors (Lipinski definition) is 0. The predicted molar refractivity (Wildman–Crippen MR) is 201 cm³/mol. The fourth-order valence-corrected chi connectivity index (χ4v) is 6.01. The van der Waals surface area contributed by atoms with Crippen molar-refractivity contribution < 1.29 is 28.6 Å². The average Bonchev–Trinajstić information content (AvgIpc) is 3.06. The van der Waals surface area contributed by atoms with Gasteiger partial charge in [-0.15, -0.1) is 0 Å². The highest BCUT2D eigenvalue weighted by atomic mass is 16.6. The van der Waals surface area contributed by atoms with Crippen LogP contribution in [0.4, 0.5) is 0 Å². The lowest BCUT2D eigenvalue weighted by Gasteiger charge is -2.18. The van der Waals surface area contributed by atoms with E-state index in [-0.39, 0.29) is 31.1 Å². The number of ether oxygens (including phenoxy) is 3. The maximum atomic E-state index is 12.6. The maximum absolute atomic E-state index is 12.6. The second-order valence-electron chi connectivity index (χ2n) is 15.0. The molecule has 284 valence electrons. The lowest BCUT2D eigenvalue weighted by molar-refractivity contribution is -0.167. The molecule has 0 bridgehead atoms. The van der Waals surface area contributed by atoms with E-state index in [0.717, 1.165) is 69.6 Å². The Balaban J connectivity index is 4.36. The molecule has 2 atom stereocenters. The van der Waals surface area contributed by atoms with Gasteiger partial charge in [0.05, 0.1) is 0 Å². The number of esters is 3. The van der Waals surface area contributed by atoms with Crippen LogP contribution in [-0.4, -0.2) is 37.2 Å². The van der Waals surface area contributed by atoms with Crippen LogP contribution in [0.5, 0.6) is 0 Å². The quantitative estimate of drug-likeness (QED) is 0.0372. The van der Waals surface area contributed by atoms with Crippen LogP contribution in [0.2, 0.25) is 0 Å². The lowest BCUT2D eigenvalue weighted by atomic mass is 9.99. The number of unbranched alkanes of at least 4 members (excludes halogenated alkanes) is 20. The SMILES string of the molecule is CCCCCCCCCCCC(=O)OC[C@@H](COC(=O)CCCCCCCCC(C)C)OC(=O)CCCCCCCCCCC(C)CC. The third-order valence-corrected chi connectivity index (χ3v) is 9.58. The number of carbonyl (C=O) groups is 3. The molecule has 0 rings (SSSR count). The maximum Gasteiger partial charge on any atom is 0.306 e. The Morgan fingerprint density at radius 2 is 0.792 bits per heavy atom. The number of carbonyl (C=O) groups excluding carboxylic acids is 3. The van der Waals surface area contributed by atoms with Crippen LogP contribution in [0.3, 0.4) is 0 Å². The van der Waals surface area contributed by atoms with Crippen LogP contribution in [0.25, 0.3) is 0 Å². The molecule has 0 saturated heterocycles. The average molecular weight is 681 g/mol. The van der Waals surface area contributed by atoms with Gasteiger partial charge < -0.3 is 14.2 Å². The molecule has 0 radical (unpaired) electrons. The molecule has 0 N–H and O–H groups in total. The van der Waals surface area contributed by atoms with Crippen molar-refractivity contribution in [1.29, 1.82) is 0 Å². The zero-order valence-electron chi connectivity index (χ0n) is 32.6. The molecule has 0 saturated carbocycles. The van der Waals surface area contributed by atoms with Crippen molar-refractivity contribution in [2.24, 2.45) is 11.8 Å². The van der Waals surface area contributed by atoms with Crippen LogP contribution < -0.4 is 0 Å². The van der Waals surface area contributed by atoms with Crippen molar-refractivity contribution in [3.63, 3.8) is 0 Å². The van der Waals surface area contributed by atoms with Gasteiger partial charge in [-0.1, -0.05) is 182 Å². The molecule has 0 heterocycles. The Bertz CT molecular complexity index is 736. The van der Waals surface area contributed by atoms with Crippen molar-refractivity contribution in [3.05, 3.63) is 0 Å². The van der Waals surface area contributed by atoms with Gasteiger partial charge in [-0.05, 0) is 31.1 Å². The standard InChI is InChI=1S/C42H80O6/c1-6-8-9-10-11-12-16-22-27-32-40(43)46-35-39(36-47-41(44)33-28-23-19-18-20-25-30-37(3)4)48-42(45)34-29-24-17-14-13-15-21-26-31-38(5)7-2/h37-39H,6-36H2,1-5H3/t38?,39-/m0/s1. The molecule has 48 heavy (non-hydrogen) atoms. The highest BCUT2D eigenvalue weighted by molar-refractivity contribution is 5.71. The van der Waals surface area contributed by atoms with Crippen LogP contribution in [0, 0.1) is 11.8 Å². The molecular formula is C42H80O6. The zero-order chi connectivity index (χ0) is 35.5. The first-order chi connectivity index (χ1) is 23.3. The van der Waals surface area contributed by atoms with Crippen LogP contribution in [0.1, 0.15) is 221 Å². The van der Waals surface area contributed by atoms with Gasteiger partial charge in [0.2, 0.25) is 0 Å². The number of rotatable bonds is 36. The first-order valence-corrected chi connectivity index (χ1v) is 20.8. The third kappa shape index (κ3) is 34.3. The Morgan fingerprint density at radius 1 is 0.438 bits per heavy atom. The molecule has 0 aliphatic carbocycles. The molecular weight excluding hydrogens is 600 g/mol. The first-order valence-electron chi connectivity index (χ1n) is 20.8. The summed E-state index contributed by atoms with van der Waals surface area (Å²) < 4.78 is 16.6. The minimum absolute atomic E-state index is 0.0668. The molecule has 1 unspecified atom stereocenters. The topological polar surface area (TPSA) is 78.9 Å². The summed E-state index contributed by atoms with van der Waals surface area (Å²) in [5.74, 6) is 0.737. The van der Waals surface area contributed by atoms with Crippen molar-refractivity contribution in [2.45, 2.75) is 227 Å². The van der Waals surface area contributed by atoms with Crippen molar-refractivity contribution in [1.82, 2.24) is 0 Å². The Kier molecular flexibility index (Phi) is 34.1. The Hall–Kier alpha value is -1.59. The summed E-state index contributed by atoms with van der Waals surface area (Å²) in [7, 11) is 0. The summed E-state index contributed by atoms with van der Waals surface area (Å²) in [6.07, 6.45) is 31.0. The fourth-order valence-electron chi connectivity index (χ4n) is 6.01. The normalized spacial score (nSPS) is 12.6. The minimum Gasteiger partial charge on any atom is -0.462 e. The van der Waals surface area contributed by atoms with Gasteiger partial charge >= 0.3 is 17.9 Å². The predicted octanol–water partition coefficient (Wildman–Crippen LogP) is 12.6. The largest absolute Gasteiger partial charge is 0.462 e. The molecule has 0 aromatic carbocycles. The van der Waals surface area contributed by atoms with E-state index in [1.165, 1.54) is 109 Å². The summed E-state index contributed by atoms with van der Waals surface area (Å²) in [6.45, 7) is 11.2. The van der Waals surface area contributed by atoms with Gasteiger partial charge in [0.1, 0.15) is 13.2 Å². The molecule has 0 amide bonds. The van der Waals surface area contributed by atoms with Crippen molar-refractivity contribution in [2.75, 3.05) is 13.2 Å². The lowest BCUT2D eigenvalue weighted by Crippen LogP contribution is -2.30. The molecule has 0 aromatic rings. The smallest absolute Gasteiger partial charge is 0.306 e. The number of hydrogen-bond acceptors (Lipinski definition) is 6. The summed E-state index contributed by atoms with van der Waals surface area (Å²) in [4.78, 5) is 37.5. The van der Waals surface area contributed by atoms with Crippen LogP contribution in [-0.2, 0) is 28.6 Å². The molecule has 0 aromatic heterocycles. The van der Waals surface area contributed by atoms with Crippen LogP contribution in [0.15, 0.2) is 0 Å². The van der Waals surface area contributed by atoms with Gasteiger partial charge in [-0.3, -0.25) is 14.4 Å². The second kappa shape index (κ2) is 35.2. The first kappa shape index (κ1) is 46.4. The Labute approximate surface area is 298 Å². The van der Waals surface area contributed by atoms with E-state index in [9.17, 15) is 14.4 Å². The van der Waals surface area contributed by atoms with Crippen molar-refractivity contribution >= 4 is 17.9 Å². The molecule has 0 aliphatic heterocycles. The van der Waals surface area contributed by atoms with E-state index in [0.29, 0.717) is 19.3 Å². The summed E-state index contributed by atoms with van der Waals surface area (Å²) in [5, 5.41) is 0. The summed E-state index contributed by atoms with van der Waals surface area (Å²) in [6, 6.07) is 0. The van der Waals surface area contributed by atoms with E-state index in [1.54, 1.807) is 0 Å². The van der Waals surface area contributed by atoms with Crippen LogP contribution >= 0.6 is 0 Å². The fraction of sp³-hybridized carbons (Fsp3) is 0.929. The highest BCUT2D eigenvalue weighted by Crippen LogP contribution is 2.16. The highest BCUT2D eigenvalue weighted by Gasteiger charge is 2.19. The summed E-state index contributed by atoms with van der Waals surface area (Å²) >= 11 is 0. The van der Waals surface area contributed by atoms with E-state index in [1.807, 2.05) is 0 Å². The van der Waals surface area contributed by atoms with Gasteiger partial charge in [0, 0.05) is 19.3 Å². The molecule has 0 aliphatic rings. The van der Waals surface area contributed by atoms with E-state index < -0.39 is 6.10 Å². The third-order valence-electron chi connectivity index (χ3n) is 9.58. The van der Waals surface area contributed by atoms with Gasteiger partial charge in [0.15, 0.2) is 6.10 Å². The van der Waals surface area contributed by atoms with E-state index >= 15 is 0 Å². The van der Waals surface area contributed by atoms with Gasteiger partial charge in [-0.2, -0.15) is 0 Å². The monoisotopic (exact) mass is 681 g/mol. The second-order valence-corrected chi connectivity index (χ2v) is 15.0. The van der Waals surface area contributed by atoms with Gasteiger partial charge in [-0.25, -0.2) is 0 Å². The Morgan fingerprint density at radius 3 is 1.19 bits per heavy atom. The molecule has 6 nitrogen and oxygen atoms in total. The minimum atomic E-state index is -0.759. The molecule has 0 fully saturated rings.